The topological polar surface area (TPSA) is 27.0 Å². The van der Waals surface area contributed by atoms with Gasteiger partial charge in [-0.2, -0.15) is 18.4 Å². The lowest BCUT2D eigenvalue weighted by Gasteiger charge is -2.35. The zero-order valence-electron chi connectivity index (χ0n) is 10.9. The summed E-state index contributed by atoms with van der Waals surface area (Å²) in [6.45, 7) is 4.45. The van der Waals surface area contributed by atoms with Gasteiger partial charge < -0.3 is 4.90 Å². The number of anilines is 1. The van der Waals surface area contributed by atoms with E-state index in [2.05, 4.69) is 0 Å². The number of hydrogen-bond donors (Lipinski definition) is 0. The average Bonchev–Trinajstić information content (AvgIpc) is 2.66. The fourth-order valence-electron chi connectivity index (χ4n) is 2.71. The van der Waals surface area contributed by atoms with E-state index in [9.17, 15) is 13.2 Å². The second-order valence-electron chi connectivity index (χ2n) is 5.38. The molecule has 0 saturated carbocycles. The van der Waals surface area contributed by atoms with Crippen LogP contribution >= 0.6 is 0 Å². The summed E-state index contributed by atoms with van der Waals surface area (Å²) in [4.78, 5) is 1.76. The van der Waals surface area contributed by atoms with Crippen LogP contribution in [0.25, 0.3) is 0 Å². The van der Waals surface area contributed by atoms with Gasteiger partial charge in [0.05, 0.1) is 22.9 Å². The molecule has 0 radical (unpaired) electrons. The van der Waals surface area contributed by atoms with E-state index < -0.39 is 11.7 Å². The van der Waals surface area contributed by atoms with Crippen LogP contribution in [0, 0.1) is 11.3 Å². The molecule has 1 fully saturated rings. The van der Waals surface area contributed by atoms with Crippen molar-refractivity contribution in [2.75, 3.05) is 11.4 Å². The normalized spacial score (nSPS) is 18.4. The molecule has 1 aliphatic rings. The highest BCUT2D eigenvalue weighted by Crippen LogP contribution is 2.43. The van der Waals surface area contributed by atoms with E-state index in [1.165, 1.54) is 18.2 Å². The first-order valence-electron chi connectivity index (χ1n) is 6.15. The van der Waals surface area contributed by atoms with Crippen LogP contribution in [-0.4, -0.2) is 12.1 Å². The predicted octanol–water partition coefficient (Wildman–Crippen LogP) is 3.96. The Morgan fingerprint density at radius 1 is 1.32 bits per heavy atom. The Labute approximate surface area is 110 Å². The van der Waals surface area contributed by atoms with Crippen molar-refractivity contribution in [2.45, 2.75) is 38.4 Å². The van der Waals surface area contributed by atoms with Crippen LogP contribution in [-0.2, 0) is 6.18 Å². The molecule has 5 heteroatoms. The van der Waals surface area contributed by atoms with Crippen LogP contribution in [0.2, 0.25) is 0 Å². The molecular weight excluding hydrogens is 253 g/mol. The van der Waals surface area contributed by atoms with Crippen molar-refractivity contribution in [2.24, 2.45) is 0 Å². The van der Waals surface area contributed by atoms with Crippen LogP contribution < -0.4 is 4.90 Å². The van der Waals surface area contributed by atoms with E-state index in [0.717, 1.165) is 12.8 Å². The second-order valence-corrected chi connectivity index (χ2v) is 5.38. The van der Waals surface area contributed by atoms with Crippen LogP contribution in [0.3, 0.4) is 0 Å². The number of halogens is 3. The molecule has 2 rings (SSSR count). The lowest BCUT2D eigenvalue weighted by Crippen LogP contribution is -2.39. The summed E-state index contributed by atoms with van der Waals surface area (Å²) in [6, 6.07) is 5.83. The molecule has 0 bridgehead atoms. The minimum atomic E-state index is -4.51. The highest BCUT2D eigenvalue weighted by atomic mass is 19.4. The quantitative estimate of drug-likeness (QED) is 0.771. The van der Waals surface area contributed by atoms with Gasteiger partial charge >= 0.3 is 6.18 Å². The van der Waals surface area contributed by atoms with Crippen molar-refractivity contribution in [3.05, 3.63) is 29.3 Å². The van der Waals surface area contributed by atoms with Crippen molar-refractivity contribution >= 4 is 5.69 Å². The van der Waals surface area contributed by atoms with E-state index in [4.69, 9.17) is 5.26 Å². The zero-order valence-corrected chi connectivity index (χ0v) is 10.9. The van der Waals surface area contributed by atoms with E-state index in [1.807, 2.05) is 13.8 Å². The lowest BCUT2D eigenvalue weighted by molar-refractivity contribution is -0.137. The zero-order chi connectivity index (χ0) is 14.3. The van der Waals surface area contributed by atoms with Crippen LogP contribution in [0.15, 0.2) is 18.2 Å². The third-order valence-corrected chi connectivity index (χ3v) is 3.64. The highest BCUT2D eigenvalue weighted by Gasteiger charge is 2.41. The van der Waals surface area contributed by atoms with Gasteiger partial charge in [0, 0.05) is 12.1 Å². The Bertz CT molecular complexity index is 526. The molecule has 102 valence electrons. The standard InChI is InChI=1S/C14H15F3N2/c1-13(2)7-4-8-19(13)11-6-3-5-10(9-18)12(11)14(15,16)17/h3,5-6H,4,7-8H2,1-2H3. The third kappa shape index (κ3) is 2.40. The number of rotatable bonds is 1. The maximum atomic E-state index is 13.2. The van der Waals surface area contributed by atoms with E-state index >= 15 is 0 Å². The van der Waals surface area contributed by atoms with Crippen LogP contribution in [0.4, 0.5) is 18.9 Å². The second kappa shape index (κ2) is 4.44. The molecule has 19 heavy (non-hydrogen) atoms. The first kappa shape index (κ1) is 13.7. The molecule has 1 saturated heterocycles. The summed E-state index contributed by atoms with van der Waals surface area (Å²) in [5.41, 5.74) is -1.32. The van der Waals surface area contributed by atoms with Gasteiger partial charge in [-0.05, 0) is 38.8 Å². The number of hydrogen-bond acceptors (Lipinski definition) is 2. The summed E-state index contributed by atoms with van der Waals surface area (Å²) in [5.74, 6) is 0. The van der Waals surface area contributed by atoms with Gasteiger partial charge in [-0.25, -0.2) is 0 Å². The molecular formula is C14H15F3N2. The predicted molar refractivity (Wildman–Crippen MR) is 66.8 cm³/mol. The maximum Gasteiger partial charge on any atom is 0.419 e. The largest absolute Gasteiger partial charge is 0.419 e. The first-order chi connectivity index (χ1) is 8.77. The van der Waals surface area contributed by atoms with E-state index in [1.54, 1.807) is 11.0 Å². The van der Waals surface area contributed by atoms with Crippen molar-refractivity contribution in [3.8, 4) is 6.07 Å². The minimum absolute atomic E-state index is 0.119. The molecule has 0 atom stereocenters. The number of benzene rings is 1. The highest BCUT2D eigenvalue weighted by molar-refractivity contribution is 5.63. The van der Waals surface area contributed by atoms with E-state index in [0.29, 0.717) is 6.54 Å². The molecule has 2 nitrogen and oxygen atoms in total. The lowest BCUT2D eigenvalue weighted by atomic mass is 9.98. The van der Waals surface area contributed by atoms with Gasteiger partial charge in [-0.1, -0.05) is 6.07 Å². The molecule has 1 aromatic rings. The molecule has 1 heterocycles. The van der Waals surface area contributed by atoms with Crippen molar-refractivity contribution in [1.29, 1.82) is 5.26 Å². The smallest absolute Gasteiger partial charge is 0.366 e. The Kier molecular flexibility index (Phi) is 3.21. The molecule has 0 aromatic heterocycles. The van der Waals surface area contributed by atoms with Gasteiger partial charge in [0.2, 0.25) is 0 Å². The Balaban J connectivity index is 2.62. The summed E-state index contributed by atoms with van der Waals surface area (Å²) < 4.78 is 39.7. The Morgan fingerprint density at radius 2 is 2.00 bits per heavy atom. The van der Waals surface area contributed by atoms with Gasteiger partial charge in [-0.15, -0.1) is 0 Å². The SMILES string of the molecule is CC1(C)CCCN1c1cccc(C#N)c1C(F)(F)F. The van der Waals surface area contributed by atoms with Crippen molar-refractivity contribution < 1.29 is 13.2 Å². The molecule has 1 aliphatic heterocycles. The minimum Gasteiger partial charge on any atom is -0.366 e. The molecule has 0 N–H and O–H groups in total. The van der Waals surface area contributed by atoms with Crippen molar-refractivity contribution in [1.82, 2.24) is 0 Å². The number of nitriles is 1. The maximum absolute atomic E-state index is 13.2. The fourth-order valence-corrected chi connectivity index (χ4v) is 2.71. The van der Waals surface area contributed by atoms with E-state index in [-0.39, 0.29) is 16.8 Å². The number of alkyl halides is 3. The van der Waals surface area contributed by atoms with Gasteiger partial charge in [-0.3, -0.25) is 0 Å². The summed E-state index contributed by atoms with van der Waals surface area (Å²) >= 11 is 0. The van der Waals surface area contributed by atoms with Crippen molar-refractivity contribution in [3.63, 3.8) is 0 Å². The number of nitrogens with zero attached hydrogens (tertiary/aromatic N) is 2. The van der Waals surface area contributed by atoms with Gasteiger partial charge in [0.15, 0.2) is 0 Å². The van der Waals surface area contributed by atoms with Gasteiger partial charge in [0.25, 0.3) is 0 Å². The monoisotopic (exact) mass is 268 g/mol. The summed E-state index contributed by atoms with van der Waals surface area (Å²) in [7, 11) is 0. The third-order valence-electron chi connectivity index (χ3n) is 3.64. The van der Waals surface area contributed by atoms with Crippen LogP contribution in [0.5, 0.6) is 0 Å². The van der Waals surface area contributed by atoms with Crippen LogP contribution in [0.1, 0.15) is 37.8 Å². The Hall–Kier alpha value is -1.70. The fraction of sp³-hybridized carbons (Fsp3) is 0.500. The molecule has 0 aliphatic carbocycles. The summed E-state index contributed by atoms with van der Waals surface area (Å²) in [5, 5.41) is 8.91. The molecule has 0 spiro atoms. The van der Waals surface area contributed by atoms with Gasteiger partial charge in [0.1, 0.15) is 0 Å². The molecule has 0 amide bonds. The Morgan fingerprint density at radius 3 is 2.47 bits per heavy atom. The first-order valence-corrected chi connectivity index (χ1v) is 6.15. The summed E-state index contributed by atoms with van der Waals surface area (Å²) in [6.07, 6.45) is -2.80. The molecule has 1 aromatic carbocycles. The molecule has 0 unspecified atom stereocenters. The average molecular weight is 268 g/mol.